The molecule has 21 heavy (non-hydrogen) atoms. The highest BCUT2D eigenvalue weighted by molar-refractivity contribution is 7.09. The largest absolute Gasteiger partial charge is 0.319 e. The fourth-order valence-corrected chi connectivity index (χ4v) is 2.60. The standard InChI is InChI=1S/C14H9Cl2N3OS/c1-8-18-10(7-21-8)5-9(6-17)14(20)19-13-11(15)3-2-4-12(13)16/h2-5,7H,1H3,(H,19,20)/b9-5+. The summed E-state index contributed by atoms with van der Waals surface area (Å²) in [6.45, 7) is 1.84. The Morgan fingerprint density at radius 1 is 1.43 bits per heavy atom. The minimum Gasteiger partial charge on any atom is -0.319 e. The SMILES string of the molecule is Cc1nc(/C=C(\C#N)C(=O)Nc2c(Cl)cccc2Cl)cs1. The van der Waals surface area contributed by atoms with E-state index < -0.39 is 5.91 Å². The summed E-state index contributed by atoms with van der Waals surface area (Å²) in [5, 5.41) is 14.9. The van der Waals surface area contributed by atoms with E-state index in [1.807, 2.05) is 13.0 Å². The lowest BCUT2D eigenvalue weighted by Crippen LogP contribution is -2.14. The minimum atomic E-state index is -0.585. The van der Waals surface area contributed by atoms with Crippen LogP contribution < -0.4 is 5.32 Å². The lowest BCUT2D eigenvalue weighted by molar-refractivity contribution is -0.112. The Morgan fingerprint density at radius 3 is 2.62 bits per heavy atom. The van der Waals surface area contributed by atoms with Gasteiger partial charge in [-0.15, -0.1) is 11.3 Å². The van der Waals surface area contributed by atoms with E-state index in [-0.39, 0.29) is 11.3 Å². The van der Waals surface area contributed by atoms with Crippen LogP contribution in [-0.4, -0.2) is 10.9 Å². The summed E-state index contributed by atoms with van der Waals surface area (Å²) >= 11 is 13.4. The van der Waals surface area contributed by atoms with Gasteiger partial charge in [-0.2, -0.15) is 5.26 Å². The number of carbonyl (C=O) groups is 1. The van der Waals surface area contributed by atoms with Crippen molar-refractivity contribution in [1.82, 2.24) is 4.98 Å². The molecule has 0 aliphatic rings. The molecule has 0 unspecified atom stereocenters. The van der Waals surface area contributed by atoms with Gasteiger partial charge < -0.3 is 5.32 Å². The smallest absolute Gasteiger partial charge is 0.266 e. The van der Waals surface area contributed by atoms with E-state index in [2.05, 4.69) is 10.3 Å². The van der Waals surface area contributed by atoms with Crippen molar-refractivity contribution in [3.05, 3.63) is 49.9 Å². The number of halogens is 2. The Morgan fingerprint density at radius 2 is 2.10 bits per heavy atom. The predicted molar refractivity (Wildman–Crippen MR) is 85.5 cm³/mol. The lowest BCUT2D eigenvalue weighted by atomic mass is 10.2. The van der Waals surface area contributed by atoms with E-state index in [0.29, 0.717) is 15.7 Å². The fraction of sp³-hybridized carbons (Fsp3) is 0.0714. The number of aryl methyl sites for hydroxylation is 1. The maximum absolute atomic E-state index is 12.1. The predicted octanol–water partition coefficient (Wildman–Crippen LogP) is 4.30. The molecule has 1 aromatic heterocycles. The highest BCUT2D eigenvalue weighted by atomic mass is 35.5. The molecular weight excluding hydrogens is 329 g/mol. The number of para-hydroxylation sites is 1. The average Bonchev–Trinajstić information content (AvgIpc) is 2.85. The van der Waals surface area contributed by atoms with Gasteiger partial charge in [0.05, 0.1) is 26.4 Å². The van der Waals surface area contributed by atoms with Crippen LogP contribution in [0.4, 0.5) is 5.69 Å². The number of amides is 1. The molecular formula is C14H9Cl2N3OS. The van der Waals surface area contributed by atoms with Crippen LogP contribution >= 0.6 is 34.5 Å². The first-order valence-corrected chi connectivity index (χ1v) is 7.44. The molecule has 0 aliphatic carbocycles. The summed E-state index contributed by atoms with van der Waals surface area (Å²) < 4.78 is 0. The molecule has 4 nitrogen and oxygen atoms in total. The molecule has 1 amide bonds. The molecule has 0 bridgehead atoms. The number of nitriles is 1. The summed E-state index contributed by atoms with van der Waals surface area (Å²) in [4.78, 5) is 16.3. The first-order chi connectivity index (χ1) is 10.0. The molecule has 0 atom stereocenters. The second-order valence-corrected chi connectivity index (χ2v) is 5.89. The highest BCUT2D eigenvalue weighted by Crippen LogP contribution is 2.30. The van der Waals surface area contributed by atoms with Crippen LogP contribution in [0.5, 0.6) is 0 Å². The van der Waals surface area contributed by atoms with Crippen molar-refractivity contribution >= 4 is 52.2 Å². The molecule has 106 valence electrons. The number of nitrogens with zero attached hydrogens (tertiary/aromatic N) is 2. The molecule has 7 heteroatoms. The number of rotatable bonds is 3. The Balaban J connectivity index is 2.26. The third-order valence-corrected chi connectivity index (χ3v) is 3.92. The molecule has 2 aromatic rings. The highest BCUT2D eigenvalue weighted by Gasteiger charge is 2.14. The number of hydrogen-bond donors (Lipinski definition) is 1. The number of anilines is 1. The van der Waals surface area contributed by atoms with Crippen LogP contribution in [0, 0.1) is 18.3 Å². The van der Waals surface area contributed by atoms with Crippen molar-refractivity contribution < 1.29 is 4.79 Å². The summed E-state index contributed by atoms with van der Waals surface area (Å²) in [6, 6.07) is 6.71. The molecule has 2 rings (SSSR count). The van der Waals surface area contributed by atoms with Crippen LogP contribution in [0.25, 0.3) is 6.08 Å². The lowest BCUT2D eigenvalue weighted by Gasteiger charge is -2.08. The zero-order valence-electron chi connectivity index (χ0n) is 10.9. The van der Waals surface area contributed by atoms with Crippen LogP contribution in [0.2, 0.25) is 10.0 Å². The number of aromatic nitrogens is 1. The van der Waals surface area contributed by atoms with Crippen molar-refractivity contribution in [3.63, 3.8) is 0 Å². The number of carbonyl (C=O) groups excluding carboxylic acids is 1. The first kappa shape index (κ1) is 15.5. The van der Waals surface area contributed by atoms with E-state index in [4.69, 9.17) is 28.5 Å². The van der Waals surface area contributed by atoms with Crippen LogP contribution in [0.15, 0.2) is 29.2 Å². The van der Waals surface area contributed by atoms with Gasteiger partial charge in [0, 0.05) is 5.38 Å². The van der Waals surface area contributed by atoms with Crippen molar-refractivity contribution in [2.75, 3.05) is 5.32 Å². The van der Waals surface area contributed by atoms with Gasteiger partial charge in [-0.3, -0.25) is 4.79 Å². The van der Waals surface area contributed by atoms with E-state index in [0.717, 1.165) is 5.01 Å². The molecule has 0 aliphatic heterocycles. The summed E-state index contributed by atoms with van der Waals surface area (Å²) in [5.74, 6) is -0.585. The average molecular weight is 338 g/mol. The van der Waals surface area contributed by atoms with Gasteiger partial charge in [0.15, 0.2) is 0 Å². The Labute approximate surface area is 135 Å². The van der Waals surface area contributed by atoms with Crippen molar-refractivity contribution in [3.8, 4) is 6.07 Å². The molecule has 0 saturated carbocycles. The van der Waals surface area contributed by atoms with Crippen LogP contribution in [0.3, 0.4) is 0 Å². The Hall–Kier alpha value is -1.87. The number of hydrogen-bond acceptors (Lipinski definition) is 4. The fourth-order valence-electron chi connectivity index (χ4n) is 1.54. The second-order valence-electron chi connectivity index (χ2n) is 4.01. The van der Waals surface area contributed by atoms with Gasteiger partial charge in [-0.1, -0.05) is 29.3 Å². The zero-order chi connectivity index (χ0) is 15.4. The number of nitrogens with one attached hydrogen (secondary N) is 1. The van der Waals surface area contributed by atoms with E-state index in [1.165, 1.54) is 17.4 Å². The molecule has 1 aromatic carbocycles. The number of benzene rings is 1. The van der Waals surface area contributed by atoms with Gasteiger partial charge in [0.2, 0.25) is 0 Å². The van der Waals surface area contributed by atoms with Crippen LogP contribution in [0.1, 0.15) is 10.7 Å². The molecule has 0 spiro atoms. The van der Waals surface area contributed by atoms with Gasteiger partial charge >= 0.3 is 0 Å². The van der Waals surface area contributed by atoms with Crippen LogP contribution in [-0.2, 0) is 4.79 Å². The van der Waals surface area contributed by atoms with Gasteiger partial charge in [-0.25, -0.2) is 4.98 Å². The quantitative estimate of drug-likeness (QED) is 0.670. The van der Waals surface area contributed by atoms with Crippen molar-refractivity contribution in [2.24, 2.45) is 0 Å². The monoisotopic (exact) mass is 337 g/mol. The third-order valence-electron chi connectivity index (χ3n) is 2.50. The second kappa shape index (κ2) is 6.72. The minimum absolute atomic E-state index is 0.0729. The summed E-state index contributed by atoms with van der Waals surface area (Å²) in [7, 11) is 0. The molecule has 0 radical (unpaired) electrons. The van der Waals surface area contributed by atoms with E-state index in [9.17, 15) is 4.79 Å². The topological polar surface area (TPSA) is 65.8 Å². The van der Waals surface area contributed by atoms with Gasteiger partial charge in [0.25, 0.3) is 5.91 Å². The maximum atomic E-state index is 12.1. The number of thiazole rings is 1. The van der Waals surface area contributed by atoms with E-state index >= 15 is 0 Å². The summed E-state index contributed by atoms with van der Waals surface area (Å²) in [5.41, 5.74) is 0.771. The van der Waals surface area contributed by atoms with Gasteiger partial charge in [-0.05, 0) is 25.1 Å². The maximum Gasteiger partial charge on any atom is 0.266 e. The summed E-state index contributed by atoms with van der Waals surface area (Å²) in [6.07, 6.45) is 1.42. The zero-order valence-corrected chi connectivity index (χ0v) is 13.2. The van der Waals surface area contributed by atoms with Crippen molar-refractivity contribution in [1.29, 1.82) is 5.26 Å². The normalized spacial score (nSPS) is 11.0. The molecule has 1 heterocycles. The van der Waals surface area contributed by atoms with E-state index in [1.54, 1.807) is 23.6 Å². The molecule has 0 saturated heterocycles. The van der Waals surface area contributed by atoms with Gasteiger partial charge in [0.1, 0.15) is 11.6 Å². The molecule has 1 N–H and O–H groups in total. The first-order valence-electron chi connectivity index (χ1n) is 5.80. The Bertz CT molecular complexity index is 742. The third kappa shape index (κ3) is 3.82. The Kier molecular flexibility index (Phi) is 4.97. The van der Waals surface area contributed by atoms with Crippen molar-refractivity contribution in [2.45, 2.75) is 6.92 Å². The molecule has 0 fully saturated rings.